The SMILES string of the molecule is O=C(Cc1ccc2c(c1)OCO2)NCc1cnc2cnccn12. The van der Waals surface area contributed by atoms with Crippen molar-refractivity contribution in [2.45, 2.75) is 13.0 Å². The van der Waals surface area contributed by atoms with Gasteiger partial charge in [0, 0.05) is 12.4 Å². The normalized spacial score (nSPS) is 12.5. The largest absolute Gasteiger partial charge is 0.454 e. The van der Waals surface area contributed by atoms with E-state index >= 15 is 0 Å². The fraction of sp³-hybridized carbons (Fsp3) is 0.188. The molecular weight excluding hydrogens is 296 g/mol. The van der Waals surface area contributed by atoms with Crippen molar-refractivity contribution < 1.29 is 14.3 Å². The summed E-state index contributed by atoms with van der Waals surface area (Å²) in [5, 5.41) is 2.90. The molecule has 0 saturated carbocycles. The Balaban J connectivity index is 1.40. The lowest BCUT2D eigenvalue weighted by molar-refractivity contribution is -0.120. The van der Waals surface area contributed by atoms with Crippen LogP contribution in [0.3, 0.4) is 0 Å². The summed E-state index contributed by atoms with van der Waals surface area (Å²) in [6.07, 6.45) is 7.21. The first-order chi connectivity index (χ1) is 11.3. The van der Waals surface area contributed by atoms with Gasteiger partial charge in [-0.3, -0.25) is 14.2 Å². The van der Waals surface area contributed by atoms with Gasteiger partial charge in [-0.15, -0.1) is 0 Å². The number of amides is 1. The summed E-state index contributed by atoms with van der Waals surface area (Å²) in [7, 11) is 0. The average molecular weight is 310 g/mol. The predicted molar refractivity (Wildman–Crippen MR) is 81.1 cm³/mol. The second kappa shape index (κ2) is 5.60. The van der Waals surface area contributed by atoms with E-state index < -0.39 is 0 Å². The van der Waals surface area contributed by atoms with Gasteiger partial charge in [0.15, 0.2) is 17.1 Å². The first-order valence-corrected chi connectivity index (χ1v) is 7.21. The van der Waals surface area contributed by atoms with Crippen molar-refractivity contribution in [1.29, 1.82) is 0 Å². The first kappa shape index (κ1) is 13.6. The van der Waals surface area contributed by atoms with E-state index in [1.165, 1.54) is 0 Å². The summed E-state index contributed by atoms with van der Waals surface area (Å²) in [6, 6.07) is 5.53. The van der Waals surface area contributed by atoms with Gasteiger partial charge in [0.05, 0.1) is 31.1 Å². The zero-order valence-corrected chi connectivity index (χ0v) is 12.2. The van der Waals surface area contributed by atoms with Gasteiger partial charge in [-0.2, -0.15) is 0 Å². The number of hydrogen-bond acceptors (Lipinski definition) is 5. The summed E-state index contributed by atoms with van der Waals surface area (Å²) in [5.74, 6) is 1.34. The molecule has 0 spiro atoms. The van der Waals surface area contributed by atoms with Crippen LogP contribution in [0.2, 0.25) is 0 Å². The molecule has 1 aliphatic rings. The van der Waals surface area contributed by atoms with Gasteiger partial charge < -0.3 is 14.8 Å². The number of nitrogens with zero attached hydrogens (tertiary/aromatic N) is 3. The second-order valence-electron chi connectivity index (χ2n) is 5.20. The third-order valence-electron chi connectivity index (χ3n) is 3.66. The van der Waals surface area contributed by atoms with Crippen LogP contribution in [-0.2, 0) is 17.8 Å². The van der Waals surface area contributed by atoms with Crippen molar-refractivity contribution in [2.75, 3.05) is 6.79 Å². The van der Waals surface area contributed by atoms with E-state index in [4.69, 9.17) is 9.47 Å². The molecule has 0 aliphatic carbocycles. The van der Waals surface area contributed by atoms with Gasteiger partial charge in [-0.1, -0.05) is 6.07 Å². The Kier molecular flexibility index (Phi) is 3.30. The van der Waals surface area contributed by atoms with Crippen LogP contribution in [0, 0.1) is 0 Å². The summed E-state index contributed by atoms with van der Waals surface area (Å²) in [6.45, 7) is 0.642. The average Bonchev–Trinajstić information content (AvgIpc) is 3.19. The smallest absolute Gasteiger partial charge is 0.231 e. The molecule has 1 aliphatic heterocycles. The standard InChI is InChI=1S/C16H14N4O3/c21-16(6-11-1-2-13-14(5-11)23-10-22-13)19-8-12-7-18-15-9-17-3-4-20(12)15/h1-5,7,9H,6,8,10H2,(H,19,21). The van der Waals surface area contributed by atoms with Crippen LogP contribution in [0.5, 0.6) is 11.5 Å². The maximum atomic E-state index is 12.1. The van der Waals surface area contributed by atoms with Gasteiger partial charge in [0.25, 0.3) is 0 Å². The number of fused-ring (bicyclic) bond motifs is 2. The van der Waals surface area contributed by atoms with Crippen LogP contribution in [-0.4, -0.2) is 27.1 Å². The first-order valence-electron chi connectivity index (χ1n) is 7.21. The number of carbonyl (C=O) groups excluding carboxylic acids is 1. The van der Waals surface area contributed by atoms with Gasteiger partial charge >= 0.3 is 0 Å². The quantitative estimate of drug-likeness (QED) is 0.786. The molecule has 7 heteroatoms. The van der Waals surface area contributed by atoms with Crippen LogP contribution in [0.4, 0.5) is 0 Å². The highest BCUT2D eigenvalue weighted by Crippen LogP contribution is 2.32. The molecule has 0 saturated heterocycles. The summed E-state index contributed by atoms with van der Waals surface area (Å²) < 4.78 is 12.5. The van der Waals surface area contributed by atoms with Gasteiger partial charge in [-0.05, 0) is 17.7 Å². The Labute approximate surface area is 131 Å². The number of carbonyl (C=O) groups is 1. The highest BCUT2D eigenvalue weighted by atomic mass is 16.7. The maximum absolute atomic E-state index is 12.1. The molecule has 0 unspecified atom stereocenters. The molecule has 0 atom stereocenters. The highest BCUT2D eigenvalue weighted by molar-refractivity contribution is 5.78. The molecule has 7 nitrogen and oxygen atoms in total. The monoisotopic (exact) mass is 310 g/mol. The zero-order valence-electron chi connectivity index (χ0n) is 12.2. The molecule has 1 amide bonds. The van der Waals surface area contributed by atoms with E-state index in [9.17, 15) is 4.79 Å². The minimum absolute atomic E-state index is 0.0622. The highest BCUT2D eigenvalue weighted by Gasteiger charge is 2.14. The van der Waals surface area contributed by atoms with Crippen LogP contribution in [0.1, 0.15) is 11.3 Å². The predicted octanol–water partition coefficient (Wildman–Crippen LogP) is 1.32. The number of rotatable bonds is 4. The van der Waals surface area contributed by atoms with Crippen molar-refractivity contribution in [1.82, 2.24) is 19.7 Å². The lowest BCUT2D eigenvalue weighted by Crippen LogP contribution is -2.25. The molecule has 23 heavy (non-hydrogen) atoms. The molecule has 4 rings (SSSR count). The number of ether oxygens (including phenoxy) is 2. The lowest BCUT2D eigenvalue weighted by Gasteiger charge is -2.06. The zero-order chi connectivity index (χ0) is 15.6. The molecular formula is C16H14N4O3. The van der Waals surface area contributed by atoms with E-state index in [1.54, 1.807) is 18.6 Å². The number of benzene rings is 1. The van der Waals surface area contributed by atoms with Gasteiger partial charge in [-0.25, -0.2) is 4.98 Å². The minimum Gasteiger partial charge on any atom is -0.454 e. The van der Waals surface area contributed by atoms with Gasteiger partial charge in [0.2, 0.25) is 12.7 Å². The Morgan fingerprint density at radius 3 is 3.13 bits per heavy atom. The maximum Gasteiger partial charge on any atom is 0.231 e. The molecule has 0 radical (unpaired) electrons. The fourth-order valence-electron chi connectivity index (χ4n) is 2.51. The number of aromatic nitrogens is 3. The summed E-state index contributed by atoms with van der Waals surface area (Å²) in [4.78, 5) is 20.4. The van der Waals surface area contributed by atoms with Crippen molar-refractivity contribution >= 4 is 11.6 Å². The Hall–Kier alpha value is -3.09. The Bertz CT molecular complexity index is 875. The van der Waals surface area contributed by atoms with E-state index in [0.717, 1.165) is 16.9 Å². The van der Waals surface area contributed by atoms with Crippen molar-refractivity contribution in [3.05, 3.63) is 54.2 Å². The second-order valence-corrected chi connectivity index (χ2v) is 5.20. The van der Waals surface area contributed by atoms with Gasteiger partial charge in [0.1, 0.15) is 0 Å². The summed E-state index contributed by atoms with van der Waals surface area (Å²) >= 11 is 0. The van der Waals surface area contributed by atoms with E-state index in [-0.39, 0.29) is 19.1 Å². The lowest BCUT2D eigenvalue weighted by atomic mass is 10.1. The summed E-state index contributed by atoms with van der Waals surface area (Å²) in [5.41, 5.74) is 2.54. The minimum atomic E-state index is -0.0622. The molecule has 1 aromatic carbocycles. The fourth-order valence-corrected chi connectivity index (χ4v) is 2.51. The molecule has 3 aromatic rings. The van der Waals surface area contributed by atoms with Crippen LogP contribution in [0.25, 0.3) is 5.65 Å². The topological polar surface area (TPSA) is 77.8 Å². The van der Waals surface area contributed by atoms with Crippen molar-refractivity contribution in [2.24, 2.45) is 0 Å². The van der Waals surface area contributed by atoms with E-state index in [2.05, 4.69) is 15.3 Å². The number of hydrogen-bond donors (Lipinski definition) is 1. The third kappa shape index (κ3) is 2.68. The molecule has 0 bridgehead atoms. The molecule has 2 aromatic heterocycles. The number of imidazole rings is 1. The van der Waals surface area contributed by atoms with Crippen LogP contribution < -0.4 is 14.8 Å². The van der Waals surface area contributed by atoms with Crippen LogP contribution in [0.15, 0.2) is 43.0 Å². The van der Waals surface area contributed by atoms with Crippen molar-refractivity contribution in [3.63, 3.8) is 0 Å². The molecule has 3 heterocycles. The van der Waals surface area contributed by atoms with E-state index in [0.29, 0.717) is 18.0 Å². The Morgan fingerprint density at radius 1 is 1.26 bits per heavy atom. The molecule has 0 fully saturated rings. The molecule has 116 valence electrons. The van der Waals surface area contributed by atoms with Crippen molar-refractivity contribution in [3.8, 4) is 11.5 Å². The Morgan fingerprint density at radius 2 is 2.17 bits per heavy atom. The van der Waals surface area contributed by atoms with E-state index in [1.807, 2.05) is 28.8 Å². The van der Waals surface area contributed by atoms with Crippen LogP contribution >= 0.6 is 0 Å². The third-order valence-corrected chi connectivity index (χ3v) is 3.66. The molecule has 1 N–H and O–H groups in total. The number of nitrogens with one attached hydrogen (secondary N) is 1.